The van der Waals surface area contributed by atoms with Gasteiger partial charge in [0.25, 0.3) is 0 Å². The average Bonchev–Trinajstić information content (AvgIpc) is 3.30. The smallest absolute Gasteiger partial charge is 0.230 e. The van der Waals surface area contributed by atoms with Crippen molar-refractivity contribution >= 4 is 41.9 Å². The van der Waals surface area contributed by atoms with E-state index in [0.29, 0.717) is 29.6 Å². The Balaban J connectivity index is 1.45. The van der Waals surface area contributed by atoms with Gasteiger partial charge in [0, 0.05) is 32.4 Å². The standard InChI is InChI=1S/C18H20BN9/c1-26-6-8-27(9-7-26)18-24-16-12(19)10-21-28(16)17(25-18)20-11-15-22-13-4-2-3-5-14(13)23-15/h2-5,10H,6-9,11H2,1H3,(H,22,23)(H,20,24,25). The quantitative estimate of drug-likeness (QED) is 0.493. The summed E-state index contributed by atoms with van der Waals surface area (Å²) in [6.07, 6.45) is 1.60. The lowest BCUT2D eigenvalue weighted by molar-refractivity contribution is 0.311. The molecule has 5 rings (SSSR count). The number of fused-ring (bicyclic) bond motifs is 2. The largest absolute Gasteiger partial charge is 0.347 e. The van der Waals surface area contributed by atoms with E-state index in [9.17, 15) is 0 Å². The van der Waals surface area contributed by atoms with E-state index >= 15 is 0 Å². The van der Waals surface area contributed by atoms with Gasteiger partial charge in [-0.1, -0.05) is 12.1 Å². The Morgan fingerprint density at radius 3 is 2.75 bits per heavy atom. The molecule has 9 nitrogen and oxygen atoms in total. The third kappa shape index (κ3) is 3.05. The number of hydrogen-bond acceptors (Lipinski definition) is 7. The van der Waals surface area contributed by atoms with Crippen LogP contribution in [0.3, 0.4) is 0 Å². The summed E-state index contributed by atoms with van der Waals surface area (Å²) in [6, 6.07) is 7.95. The normalized spacial score (nSPS) is 15.5. The molecule has 0 spiro atoms. The van der Waals surface area contributed by atoms with Crippen LogP contribution < -0.4 is 15.7 Å². The lowest BCUT2D eigenvalue weighted by Gasteiger charge is -2.32. The van der Waals surface area contributed by atoms with Crippen LogP contribution >= 0.6 is 0 Å². The van der Waals surface area contributed by atoms with Gasteiger partial charge in [0.15, 0.2) is 5.65 Å². The summed E-state index contributed by atoms with van der Waals surface area (Å²) in [6.45, 7) is 4.20. The molecule has 28 heavy (non-hydrogen) atoms. The first-order chi connectivity index (χ1) is 13.7. The summed E-state index contributed by atoms with van der Waals surface area (Å²) < 4.78 is 1.64. The number of para-hydroxylation sites is 2. The zero-order valence-electron chi connectivity index (χ0n) is 15.6. The number of piperazine rings is 1. The van der Waals surface area contributed by atoms with Crippen molar-refractivity contribution in [1.29, 1.82) is 0 Å². The molecular formula is C18H20BN9. The maximum Gasteiger partial charge on any atom is 0.230 e. The summed E-state index contributed by atoms with van der Waals surface area (Å²) in [5.41, 5.74) is 3.09. The van der Waals surface area contributed by atoms with Crippen molar-refractivity contribution < 1.29 is 0 Å². The monoisotopic (exact) mass is 373 g/mol. The highest BCUT2D eigenvalue weighted by atomic mass is 15.4. The molecule has 1 fully saturated rings. The van der Waals surface area contributed by atoms with E-state index in [0.717, 1.165) is 43.0 Å². The summed E-state index contributed by atoms with van der Waals surface area (Å²) in [7, 11) is 8.20. The summed E-state index contributed by atoms with van der Waals surface area (Å²) in [5.74, 6) is 2.09. The molecular weight excluding hydrogens is 353 g/mol. The van der Waals surface area contributed by atoms with E-state index in [1.54, 1.807) is 10.7 Å². The molecule has 0 aliphatic carbocycles. The van der Waals surface area contributed by atoms with Gasteiger partial charge >= 0.3 is 0 Å². The molecule has 4 heterocycles. The number of imidazole rings is 1. The second-order valence-electron chi connectivity index (χ2n) is 7.03. The fourth-order valence-corrected chi connectivity index (χ4v) is 3.40. The number of anilines is 2. The number of H-pyrrole nitrogens is 1. The second-order valence-corrected chi connectivity index (χ2v) is 7.03. The minimum atomic E-state index is 0.489. The fraction of sp³-hybridized carbons (Fsp3) is 0.333. The lowest BCUT2D eigenvalue weighted by atomic mass is 10.0. The molecule has 0 atom stereocenters. The van der Waals surface area contributed by atoms with Gasteiger partial charge in [-0.2, -0.15) is 19.6 Å². The highest BCUT2D eigenvalue weighted by Gasteiger charge is 2.19. The van der Waals surface area contributed by atoms with E-state index in [1.165, 1.54) is 0 Å². The molecule has 0 bridgehead atoms. The van der Waals surface area contributed by atoms with Gasteiger partial charge in [0.2, 0.25) is 11.9 Å². The van der Waals surface area contributed by atoms with Crippen molar-refractivity contribution in [1.82, 2.24) is 34.4 Å². The maximum absolute atomic E-state index is 6.08. The summed E-state index contributed by atoms with van der Waals surface area (Å²) in [4.78, 5) is 21.8. The molecule has 0 saturated carbocycles. The van der Waals surface area contributed by atoms with Crippen molar-refractivity contribution in [3.05, 3.63) is 36.3 Å². The van der Waals surface area contributed by atoms with Crippen molar-refractivity contribution in [2.45, 2.75) is 6.54 Å². The number of aromatic nitrogens is 6. The first-order valence-corrected chi connectivity index (χ1v) is 9.29. The van der Waals surface area contributed by atoms with Crippen LogP contribution in [0.15, 0.2) is 30.5 Å². The number of benzene rings is 1. The summed E-state index contributed by atoms with van der Waals surface area (Å²) in [5, 5.41) is 7.65. The lowest BCUT2D eigenvalue weighted by Crippen LogP contribution is -2.45. The fourth-order valence-electron chi connectivity index (χ4n) is 3.40. The highest BCUT2D eigenvalue weighted by molar-refractivity contribution is 6.36. The SMILES string of the molecule is [B]c1cnn2c(NCc3nc4ccccc4[nH]3)nc(N3CCN(C)CC3)nc12. The van der Waals surface area contributed by atoms with E-state index < -0.39 is 0 Å². The molecule has 2 radical (unpaired) electrons. The number of rotatable bonds is 4. The minimum Gasteiger partial charge on any atom is -0.347 e. The zero-order valence-corrected chi connectivity index (χ0v) is 15.6. The van der Waals surface area contributed by atoms with Crippen molar-refractivity contribution in [2.24, 2.45) is 0 Å². The Kier molecular flexibility index (Phi) is 4.12. The van der Waals surface area contributed by atoms with Gasteiger partial charge in [-0.3, -0.25) is 0 Å². The number of nitrogens with zero attached hydrogens (tertiary/aromatic N) is 7. The Hall–Kier alpha value is -3.14. The van der Waals surface area contributed by atoms with Gasteiger partial charge < -0.3 is 20.1 Å². The highest BCUT2D eigenvalue weighted by Crippen LogP contribution is 2.16. The molecule has 1 aromatic carbocycles. The Morgan fingerprint density at radius 1 is 1.11 bits per heavy atom. The van der Waals surface area contributed by atoms with E-state index in [1.807, 2.05) is 24.3 Å². The number of likely N-dealkylation sites (N-methyl/N-ethyl adjacent to an activating group) is 1. The maximum atomic E-state index is 6.08. The van der Waals surface area contributed by atoms with Gasteiger partial charge in [-0.05, 0) is 24.6 Å². The van der Waals surface area contributed by atoms with Crippen LogP contribution in [0.4, 0.5) is 11.9 Å². The first kappa shape index (κ1) is 17.0. The topological polar surface area (TPSA) is 90.3 Å². The van der Waals surface area contributed by atoms with Gasteiger partial charge in [-0.25, -0.2) is 4.98 Å². The number of nitrogens with one attached hydrogen (secondary N) is 2. The van der Waals surface area contributed by atoms with Crippen LogP contribution in [-0.4, -0.2) is 75.5 Å². The molecule has 4 aromatic rings. The Labute approximate surface area is 163 Å². The van der Waals surface area contributed by atoms with Gasteiger partial charge in [0.05, 0.1) is 17.6 Å². The predicted octanol–water partition coefficient (Wildman–Crippen LogP) is 0.158. The molecule has 2 N–H and O–H groups in total. The van der Waals surface area contributed by atoms with Crippen LogP contribution in [0.1, 0.15) is 5.82 Å². The third-order valence-corrected chi connectivity index (χ3v) is 5.02. The van der Waals surface area contributed by atoms with Crippen LogP contribution in [0, 0.1) is 0 Å². The Bertz CT molecular complexity index is 1090. The van der Waals surface area contributed by atoms with Crippen LogP contribution in [0.2, 0.25) is 0 Å². The molecule has 1 aliphatic heterocycles. The van der Waals surface area contributed by atoms with Gasteiger partial charge in [-0.15, -0.1) is 0 Å². The molecule has 140 valence electrons. The first-order valence-electron chi connectivity index (χ1n) is 9.29. The summed E-state index contributed by atoms with van der Waals surface area (Å²) >= 11 is 0. The van der Waals surface area contributed by atoms with Gasteiger partial charge in [0.1, 0.15) is 13.7 Å². The van der Waals surface area contributed by atoms with Crippen molar-refractivity contribution in [3.8, 4) is 0 Å². The molecule has 1 aliphatic rings. The van der Waals surface area contributed by atoms with E-state index in [-0.39, 0.29) is 0 Å². The van der Waals surface area contributed by atoms with Crippen molar-refractivity contribution in [3.63, 3.8) is 0 Å². The Morgan fingerprint density at radius 2 is 1.93 bits per heavy atom. The molecule has 10 heteroatoms. The number of aromatic amines is 1. The van der Waals surface area contributed by atoms with E-state index in [4.69, 9.17) is 12.8 Å². The molecule has 0 unspecified atom stereocenters. The van der Waals surface area contributed by atoms with E-state index in [2.05, 4.69) is 42.2 Å². The molecule has 0 amide bonds. The van der Waals surface area contributed by atoms with Crippen molar-refractivity contribution in [2.75, 3.05) is 43.4 Å². The zero-order chi connectivity index (χ0) is 19.1. The minimum absolute atomic E-state index is 0.489. The van der Waals surface area contributed by atoms with Crippen LogP contribution in [-0.2, 0) is 6.54 Å². The number of hydrogen-bond donors (Lipinski definition) is 2. The molecule has 1 saturated heterocycles. The average molecular weight is 373 g/mol. The third-order valence-electron chi connectivity index (χ3n) is 5.02. The molecule has 3 aromatic heterocycles. The predicted molar refractivity (Wildman–Crippen MR) is 109 cm³/mol. The second kappa shape index (κ2) is 6.79. The van der Waals surface area contributed by atoms with Crippen LogP contribution in [0.25, 0.3) is 16.7 Å². The van der Waals surface area contributed by atoms with Crippen LogP contribution in [0.5, 0.6) is 0 Å².